The van der Waals surface area contributed by atoms with Crippen molar-refractivity contribution in [1.82, 2.24) is 24.0 Å². The van der Waals surface area contributed by atoms with Gasteiger partial charge in [0.05, 0.1) is 6.54 Å². The van der Waals surface area contributed by atoms with Crippen LogP contribution in [-0.4, -0.2) is 38.8 Å². The average Bonchev–Trinajstić information content (AvgIpc) is 3.02. The highest BCUT2D eigenvalue weighted by Crippen LogP contribution is 2.19. The van der Waals surface area contributed by atoms with Gasteiger partial charge in [0.1, 0.15) is 0 Å². The lowest BCUT2D eigenvalue weighted by Crippen LogP contribution is -2.37. The van der Waals surface area contributed by atoms with Gasteiger partial charge in [-0.1, -0.05) is 28.1 Å². The third kappa shape index (κ3) is 3.84. The summed E-state index contributed by atoms with van der Waals surface area (Å²) in [7, 11) is 5.02. The monoisotopic (exact) mass is 434 g/mol. The second kappa shape index (κ2) is 8.10. The number of aromatic nitrogens is 4. The molecule has 0 spiro atoms. The van der Waals surface area contributed by atoms with Crippen molar-refractivity contribution in [3.63, 3.8) is 0 Å². The lowest BCUT2D eigenvalue weighted by Gasteiger charge is -2.11. The Kier molecular flexibility index (Phi) is 5.81. The molecule has 2 aromatic heterocycles. The number of nitrogens with zero attached hydrogens (tertiary/aromatic N) is 4. The molecule has 2 N–H and O–H groups in total. The summed E-state index contributed by atoms with van der Waals surface area (Å²) in [5.74, 6) is 0.585. The van der Waals surface area contributed by atoms with E-state index < -0.39 is 0 Å². The first-order chi connectivity index (χ1) is 12.9. The molecule has 2 heterocycles. The molecule has 0 aliphatic heterocycles. The Labute approximate surface area is 165 Å². The molecule has 0 aliphatic carbocycles. The quantitative estimate of drug-likeness (QED) is 0.546. The molecule has 27 heavy (non-hydrogen) atoms. The second-order valence-electron chi connectivity index (χ2n) is 6.41. The molecule has 0 fully saturated rings. The van der Waals surface area contributed by atoms with E-state index in [1.165, 1.54) is 11.6 Å². The summed E-state index contributed by atoms with van der Waals surface area (Å²) in [5, 5.41) is 6.40. The van der Waals surface area contributed by atoms with Gasteiger partial charge in [-0.05, 0) is 37.7 Å². The maximum absolute atomic E-state index is 12.8. The normalized spacial score (nSPS) is 11.3. The van der Waals surface area contributed by atoms with Gasteiger partial charge < -0.3 is 10.6 Å². The molecule has 0 aliphatic rings. The molecule has 8 nitrogen and oxygen atoms in total. The fraction of sp³-hybridized carbons (Fsp3) is 0.389. The van der Waals surface area contributed by atoms with E-state index in [-0.39, 0.29) is 11.2 Å². The number of anilines is 1. The summed E-state index contributed by atoms with van der Waals surface area (Å²) < 4.78 is 5.37. The van der Waals surface area contributed by atoms with Gasteiger partial charge in [0.25, 0.3) is 5.56 Å². The van der Waals surface area contributed by atoms with Gasteiger partial charge in [-0.3, -0.25) is 18.5 Å². The molecule has 0 saturated heterocycles. The lowest BCUT2D eigenvalue weighted by atomic mass is 10.2. The van der Waals surface area contributed by atoms with Crippen LogP contribution < -0.4 is 21.9 Å². The Hall–Kier alpha value is -2.39. The van der Waals surface area contributed by atoms with Crippen molar-refractivity contribution in [3.8, 4) is 0 Å². The molecule has 0 radical (unpaired) electrons. The molecule has 144 valence electrons. The maximum atomic E-state index is 12.8. The molecule has 3 rings (SSSR count). The smallest absolute Gasteiger partial charge is 0.332 e. The van der Waals surface area contributed by atoms with Gasteiger partial charge in [-0.15, -0.1) is 0 Å². The number of rotatable bonds is 7. The largest absolute Gasteiger partial charge is 0.356 e. The lowest BCUT2D eigenvalue weighted by molar-refractivity contribution is 0.702. The van der Waals surface area contributed by atoms with E-state index in [2.05, 4.69) is 31.5 Å². The van der Waals surface area contributed by atoms with Crippen molar-refractivity contribution in [2.24, 2.45) is 14.1 Å². The van der Waals surface area contributed by atoms with Gasteiger partial charge in [-0.25, -0.2) is 4.79 Å². The van der Waals surface area contributed by atoms with Gasteiger partial charge in [0.15, 0.2) is 11.2 Å². The van der Waals surface area contributed by atoms with E-state index in [0.29, 0.717) is 30.2 Å². The maximum Gasteiger partial charge on any atom is 0.332 e. The molecule has 0 unspecified atom stereocenters. The van der Waals surface area contributed by atoms with Crippen LogP contribution in [0.4, 0.5) is 5.95 Å². The molecule has 0 amide bonds. The predicted octanol–water partition coefficient (Wildman–Crippen LogP) is 1.27. The SMILES string of the molecule is CNCCCNc1nc2c(c(=O)n(C)c(=O)n2C)n1Cc1ccc(Br)cc1. The Morgan fingerprint density at radius 3 is 2.44 bits per heavy atom. The molecule has 1 aromatic carbocycles. The number of hydrogen-bond donors (Lipinski definition) is 2. The van der Waals surface area contributed by atoms with E-state index in [0.717, 1.165) is 27.6 Å². The van der Waals surface area contributed by atoms with Gasteiger partial charge in [-0.2, -0.15) is 4.98 Å². The summed E-state index contributed by atoms with van der Waals surface area (Å²) in [4.78, 5) is 29.6. The van der Waals surface area contributed by atoms with Crippen LogP contribution in [-0.2, 0) is 20.6 Å². The van der Waals surface area contributed by atoms with E-state index in [9.17, 15) is 9.59 Å². The van der Waals surface area contributed by atoms with Gasteiger partial charge in [0, 0.05) is 25.1 Å². The Balaban J connectivity index is 2.12. The highest BCUT2D eigenvalue weighted by Gasteiger charge is 2.19. The highest BCUT2D eigenvalue weighted by atomic mass is 79.9. The summed E-state index contributed by atoms with van der Waals surface area (Å²) >= 11 is 3.44. The second-order valence-corrected chi connectivity index (χ2v) is 7.33. The molecular weight excluding hydrogens is 412 g/mol. The first kappa shape index (κ1) is 19.4. The first-order valence-electron chi connectivity index (χ1n) is 8.73. The van der Waals surface area contributed by atoms with Gasteiger partial charge >= 0.3 is 5.69 Å². The van der Waals surface area contributed by atoms with Crippen molar-refractivity contribution in [1.29, 1.82) is 0 Å². The fourth-order valence-electron chi connectivity index (χ4n) is 2.97. The number of imidazole rings is 1. The number of aryl methyl sites for hydroxylation is 1. The third-order valence-electron chi connectivity index (χ3n) is 4.49. The third-order valence-corrected chi connectivity index (χ3v) is 5.02. The van der Waals surface area contributed by atoms with Crippen LogP contribution in [0.25, 0.3) is 11.2 Å². The van der Waals surface area contributed by atoms with Crippen molar-refractivity contribution >= 4 is 33.0 Å². The Bertz CT molecular complexity index is 1060. The average molecular weight is 435 g/mol. The van der Waals surface area contributed by atoms with E-state index in [1.54, 1.807) is 7.05 Å². The summed E-state index contributed by atoms with van der Waals surface area (Å²) in [6, 6.07) is 7.91. The van der Waals surface area contributed by atoms with E-state index in [1.807, 2.05) is 35.9 Å². The zero-order chi connectivity index (χ0) is 19.6. The van der Waals surface area contributed by atoms with Gasteiger partial charge in [0.2, 0.25) is 5.95 Å². The zero-order valence-corrected chi connectivity index (χ0v) is 17.2. The van der Waals surface area contributed by atoms with Crippen LogP contribution in [0.1, 0.15) is 12.0 Å². The topological polar surface area (TPSA) is 85.9 Å². The summed E-state index contributed by atoms with van der Waals surface area (Å²) in [6.07, 6.45) is 0.912. The predicted molar refractivity (Wildman–Crippen MR) is 110 cm³/mol. The number of nitrogens with one attached hydrogen (secondary N) is 2. The zero-order valence-electron chi connectivity index (χ0n) is 15.6. The number of halogens is 1. The van der Waals surface area contributed by atoms with E-state index >= 15 is 0 Å². The van der Waals surface area contributed by atoms with Crippen molar-refractivity contribution in [2.45, 2.75) is 13.0 Å². The number of fused-ring (bicyclic) bond motifs is 1. The van der Waals surface area contributed by atoms with Crippen LogP contribution >= 0.6 is 15.9 Å². The first-order valence-corrected chi connectivity index (χ1v) is 9.52. The summed E-state index contributed by atoms with van der Waals surface area (Å²) in [5.41, 5.74) is 1.10. The molecule has 0 saturated carbocycles. The fourth-order valence-corrected chi connectivity index (χ4v) is 3.24. The standard InChI is InChI=1S/C18H23BrN6O2/c1-20-9-4-10-21-17-22-15-14(16(26)24(3)18(27)23(15)2)25(17)11-12-5-7-13(19)8-6-12/h5-8,20H,4,9-11H2,1-3H3,(H,21,22). The van der Waals surface area contributed by atoms with Crippen molar-refractivity contribution in [3.05, 3.63) is 55.1 Å². The van der Waals surface area contributed by atoms with Crippen LogP contribution in [0.15, 0.2) is 38.3 Å². The number of hydrogen-bond acceptors (Lipinski definition) is 5. The minimum absolute atomic E-state index is 0.346. The molecular formula is C18H23BrN6O2. The van der Waals surface area contributed by atoms with Crippen LogP contribution in [0.3, 0.4) is 0 Å². The summed E-state index contributed by atoms with van der Waals surface area (Å²) in [6.45, 7) is 2.06. The molecule has 0 atom stereocenters. The highest BCUT2D eigenvalue weighted by molar-refractivity contribution is 9.10. The molecule has 3 aromatic rings. The minimum Gasteiger partial charge on any atom is -0.356 e. The Morgan fingerprint density at radius 1 is 1.07 bits per heavy atom. The molecule has 0 bridgehead atoms. The Morgan fingerprint density at radius 2 is 1.78 bits per heavy atom. The van der Waals surface area contributed by atoms with Crippen LogP contribution in [0.5, 0.6) is 0 Å². The van der Waals surface area contributed by atoms with E-state index in [4.69, 9.17) is 0 Å². The van der Waals surface area contributed by atoms with Crippen molar-refractivity contribution < 1.29 is 0 Å². The minimum atomic E-state index is -0.387. The number of benzene rings is 1. The van der Waals surface area contributed by atoms with Crippen molar-refractivity contribution in [2.75, 3.05) is 25.5 Å². The molecule has 9 heteroatoms. The van der Waals surface area contributed by atoms with Crippen LogP contribution in [0, 0.1) is 0 Å². The van der Waals surface area contributed by atoms with Crippen LogP contribution in [0.2, 0.25) is 0 Å².